The summed E-state index contributed by atoms with van der Waals surface area (Å²) in [4.78, 5) is 14.4. The van der Waals surface area contributed by atoms with Gasteiger partial charge in [-0.15, -0.1) is 0 Å². The van der Waals surface area contributed by atoms with Crippen LogP contribution in [0.4, 0.5) is 0 Å². The fraction of sp³-hybridized carbons (Fsp3) is 0.933. The maximum absolute atomic E-state index is 12.1. The quantitative estimate of drug-likeness (QED) is 0.734. The molecule has 1 aliphatic carbocycles. The zero-order chi connectivity index (χ0) is 13.0. The van der Waals surface area contributed by atoms with Gasteiger partial charge in [-0.05, 0) is 31.2 Å². The molecule has 0 bridgehead atoms. The highest BCUT2D eigenvalue weighted by Crippen LogP contribution is 2.31. The van der Waals surface area contributed by atoms with E-state index in [1.54, 1.807) is 0 Å². The normalized spacial score (nSPS) is 31.9. The summed E-state index contributed by atoms with van der Waals surface area (Å²) in [5.74, 6) is 2.65. The molecule has 100 valence electrons. The summed E-state index contributed by atoms with van der Waals surface area (Å²) in [5, 5.41) is 0. The first-order valence-corrected chi connectivity index (χ1v) is 7.15. The summed E-state index contributed by atoms with van der Waals surface area (Å²) < 4.78 is 0. The van der Waals surface area contributed by atoms with Crippen LogP contribution in [-0.2, 0) is 4.79 Å². The van der Waals surface area contributed by atoms with Gasteiger partial charge in [-0.2, -0.15) is 0 Å². The van der Waals surface area contributed by atoms with Crippen LogP contribution < -0.4 is 0 Å². The minimum absolute atomic E-state index is 0.278. The number of rotatable bonds is 5. The van der Waals surface area contributed by atoms with Crippen molar-refractivity contribution >= 4 is 5.78 Å². The van der Waals surface area contributed by atoms with Gasteiger partial charge < -0.3 is 4.90 Å². The van der Waals surface area contributed by atoms with Crippen LogP contribution in [0, 0.1) is 23.7 Å². The largest absolute Gasteiger partial charge is 0.305 e. The van der Waals surface area contributed by atoms with E-state index in [9.17, 15) is 4.79 Å². The minimum atomic E-state index is 0.278. The average Bonchev–Trinajstić information content (AvgIpc) is 2.23. The minimum Gasteiger partial charge on any atom is -0.305 e. The monoisotopic (exact) mass is 239 g/mol. The van der Waals surface area contributed by atoms with E-state index in [-0.39, 0.29) is 5.92 Å². The van der Waals surface area contributed by atoms with E-state index in [1.165, 1.54) is 12.8 Å². The molecule has 0 saturated heterocycles. The third-order valence-electron chi connectivity index (χ3n) is 4.25. The van der Waals surface area contributed by atoms with Gasteiger partial charge in [-0.1, -0.05) is 34.1 Å². The number of carbonyl (C=O) groups excluding carboxylic acids is 1. The second kappa shape index (κ2) is 6.53. The molecule has 4 atom stereocenters. The third kappa shape index (κ3) is 4.42. The Morgan fingerprint density at radius 2 is 2.06 bits per heavy atom. The van der Waals surface area contributed by atoms with Crippen molar-refractivity contribution in [3.05, 3.63) is 0 Å². The van der Waals surface area contributed by atoms with Crippen LogP contribution in [0.25, 0.3) is 0 Å². The number of hydrogen-bond donors (Lipinski definition) is 0. The van der Waals surface area contributed by atoms with Gasteiger partial charge in [0.1, 0.15) is 5.78 Å². The van der Waals surface area contributed by atoms with E-state index in [2.05, 4.69) is 39.6 Å². The van der Waals surface area contributed by atoms with E-state index < -0.39 is 0 Å². The Kier molecular flexibility index (Phi) is 5.64. The summed E-state index contributed by atoms with van der Waals surface area (Å²) in [7, 11) is 2.16. The molecule has 1 fully saturated rings. The summed E-state index contributed by atoms with van der Waals surface area (Å²) in [6.07, 6.45) is 3.23. The lowest BCUT2D eigenvalue weighted by molar-refractivity contribution is -0.128. The number of nitrogens with zero attached hydrogens (tertiary/aromatic N) is 1. The van der Waals surface area contributed by atoms with Crippen LogP contribution in [-0.4, -0.2) is 30.8 Å². The highest BCUT2D eigenvalue weighted by molar-refractivity contribution is 5.82. The van der Waals surface area contributed by atoms with Gasteiger partial charge in [0.15, 0.2) is 0 Å². The molecule has 0 aromatic carbocycles. The van der Waals surface area contributed by atoms with E-state index in [4.69, 9.17) is 0 Å². The van der Waals surface area contributed by atoms with E-state index in [0.29, 0.717) is 17.6 Å². The molecule has 4 unspecified atom stereocenters. The molecule has 0 radical (unpaired) electrons. The molecule has 17 heavy (non-hydrogen) atoms. The lowest BCUT2D eigenvalue weighted by Gasteiger charge is -2.34. The number of Topliss-reactive ketones (excluding diaryl/α,β-unsaturated/α-hetero) is 1. The van der Waals surface area contributed by atoms with Gasteiger partial charge >= 0.3 is 0 Å². The zero-order valence-corrected chi connectivity index (χ0v) is 12.2. The molecule has 0 amide bonds. The number of ketones is 1. The molecule has 0 aliphatic heterocycles. The predicted octanol–water partition coefficient (Wildman–Crippen LogP) is 3.22. The molecule has 1 saturated carbocycles. The smallest absolute Gasteiger partial charge is 0.137 e. The van der Waals surface area contributed by atoms with Crippen molar-refractivity contribution in [3.63, 3.8) is 0 Å². The van der Waals surface area contributed by atoms with Crippen molar-refractivity contribution in [2.45, 2.75) is 47.0 Å². The average molecular weight is 239 g/mol. The fourth-order valence-electron chi connectivity index (χ4n) is 3.05. The van der Waals surface area contributed by atoms with Crippen molar-refractivity contribution in [1.82, 2.24) is 4.90 Å². The molecule has 0 spiro atoms. The van der Waals surface area contributed by atoms with Crippen LogP contribution in [0.1, 0.15) is 47.0 Å². The van der Waals surface area contributed by atoms with Gasteiger partial charge in [-0.3, -0.25) is 4.79 Å². The number of hydrogen-bond acceptors (Lipinski definition) is 2. The first-order chi connectivity index (χ1) is 7.93. The topological polar surface area (TPSA) is 20.3 Å². The Hall–Kier alpha value is -0.370. The maximum Gasteiger partial charge on any atom is 0.137 e. The molecule has 1 rings (SSSR count). The van der Waals surface area contributed by atoms with Crippen molar-refractivity contribution in [2.75, 3.05) is 20.1 Å². The van der Waals surface area contributed by atoms with Crippen LogP contribution in [0.5, 0.6) is 0 Å². The van der Waals surface area contributed by atoms with Crippen LogP contribution in [0.3, 0.4) is 0 Å². The van der Waals surface area contributed by atoms with Crippen molar-refractivity contribution in [1.29, 1.82) is 0 Å². The Morgan fingerprint density at radius 1 is 1.41 bits per heavy atom. The SMILES string of the molecule is CCC(C)CN(C)CC1C(=O)CC(C)CC1C. The van der Waals surface area contributed by atoms with Gasteiger partial charge in [0.05, 0.1) is 0 Å². The highest BCUT2D eigenvalue weighted by atomic mass is 16.1. The molecule has 2 nitrogen and oxygen atoms in total. The summed E-state index contributed by atoms with van der Waals surface area (Å²) >= 11 is 0. The standard InChI is InChI=1S/C15H29NO/c1-6-11(2)9-16(5)10-14-13(4)7-12(3)8-15(14)17/h11-14H,6-10H2,1-5H3. The summed E-state index contributed by atoms with van der Waals surface area (Å²) in [6.45, 7) is 11.0. The van der Waals surface area contributed by atoms with E-state index >= 15 is 0 Å². The van der Waals surface area contributed by atoms with E-state index in [0.717, 1.165) is 25.4 Å². The molecular formula is C15H29NO. The van der Waals surface area contributed by atoms with E-state index in [1.807, 2.05) is 0 Å². The predicted molar refractivity (Wildman–Crippen MR) is 73.0 cm³/mol. The Morgan fingerprint density at radius 3 is 2.59 bits per heavy atom. The molecule has 0 aromatic rings. The lowest BCUT2D eigenvalue weighted by atomic mass is 9.74. The van der Waals surface area contributed by atoms with Crippen molar-refractivity contribution in [2.24, 2.45) is 23.7 Å². The maximum atomic E-state index is 12.1. The Labute approximate surface area is 107 Å². The van der Waals surface area contributed by atoms with Crippen molar-refractivity contribution in [3.8, 4) is 0 Å². The number of carbonyl (C=O) groups is 1. The molecule has 0 heterocycles. The lowest BCUT2D eigenvalue weighted by Crippen LogP contribution is -2.40. The second-order valence-corrected chi connectivity index (χ2v) is 6.33. The van der Waals surface area contributed by atoms with Gasteiger partial charge in [0, 0.05) is 25.4 Å². The van der Waals surface area contributed by atoms with Gasteiger partial charge in [0.25, 0.3) is 0 Å². The third-order valence-corrected chi connectivity index (χ3v) is 4.25. The first kappa shape index (κ1) is 14.7. The molecule has 1 aliphatic rings. The van der Waals surface area contributed by atoms with Crippen molar-refractivity contribution < 1.29 is 4.79 Å². The molecule has 0 aromatic heterocycles. The molecule has 2 heteroatoms. The summed E-state index contributed by atoms with van der Waals surface area (Å²) in [6, 6.07) is 0. The molecule has 0 N–H and O–H groups in total. The van der Waals surface area contributed by atoms with Gasteiger partial charge in [-0.25, -0.2) is 0 Å². The Bertz CT molecular complexity index is 251. The molecular weight excluding hydrogens is 210 g/mol. The first-order valence-electron chi connectivity index (χ1n) is 7.15. The van der Waals surface area contributed by atoms with Crippen LogP contribution >= 0.6 is 0 Å². The highest BCUT2D eigenvalue weighted by Gasteiger charge is 2.32. The van der Waals surface area contributed by atoms with Crippen LogP contribution in [0.2, 0.25) is 0 Å². The van der Waals surface area contributed by atoms with Crippen LogP contribution in [0.15, 0.2) is 0 Å². The second-order valence-electron chi connectivity index (χ2n) is 6.33. The summed E-state index contributed by atoms with van der Waals surface area (Å²) in [5.41, 5.74) is 0. The zero-order valence-electron chi connectivity index (χ0n) is 12.2. The van der Waals surface area contributed by atoms with Gasteiger partial charge in [0.2, 0.25) is 0 Å². The fourth-order valence-corrected chi connectivity index (χ4v) is 3.05. The Balaban J connectivity index is 2.46.